The van der Waals surface area contributed by atoms with E-state index in [1.54, 1.807) is 4.90 Å². The molecule has 0 atom stereocenters. The summed E-state index contributed by atoms with van der Waals surface area (Å²) in [5, 5.41) is 14.0. The van der Waals surface area contributed by atoms with Gasteiger partial charge in [0.25, 0.3) is 11.8 Å². The molecule has 0 saturated carbocycles. The SMILES string of the molecule is CCCc1cc(F)cc(/C=N/NC(=O)CN2CCN(C(=O)c3ccc(C(F)(F)F)cc3)CC2)c1O. The van der Waals surface area contributed by atoms with E-state index in [1.807, 2.05) is 6.92 Å². The Morgan fingerprint density at radius 1 is 1.11 bits per heavy atom. The van der Waals surface area contributed by atoms with Crippen LogP contribution in [0.1, 0.15) is 40.4 Å². The van der Waals surface area contributed by atoms with Crippen LogP contribution in [0.5, 0.6) is 5.75 Å². The number of piperazine rings is 1. The van der Waals surface area contributed by atoms with Gasteiger partial charge in [-0.15, -0.1) is 0 Å². The molecule has 0 spiro atoms. The molecule has 0 aromatic heterocycles. The number of carbonyl (C=O) groups excluding carboxylic acids is 2. The van der Waals surface area contributed by atoms with E-state index in [0.29, 0.717) is 38.2 Å². The lowest BCUT2D eigenvalue weighted by atomic mass is 10.1. The van der Waals surface area contributed by atoms with Gasteiger partial charge in [0.2, 0.25) is 0 Å². The highest BCUT2D eigenvalue weighted by Gasteiger charge is 2.31. The summed E-state index contributed by atoms with van der Waals surface area (Å²) in [5.74, 6) is -1.39. The quantitative estimate of drug-likeness (QED) is 0.351. The lowest BCUT2D eigenvalue weighted by molar-refractivity contribution is -0.137. The number of aryl methyl sites for hydroxylation is 1. The number of benzene rings is 2. The Morgan fingerprint density at radius 3 is 2.37 bits per heavy atom. The third-order valence-electron chi connectivity index (χ3n) is 5.58. The first kappa shape index (κ1) is 26.1. The second kappa shape index (κ2) is 11.3. The lowest BCUT2D eigenvalue weighted by Gasteiger charge is -2.34. The second-order valence-corrected chi connectivity index (χ2v) is 8.19. The van der Waals surface area contributed by atoms with Crippen molar-refractivity contribution in [2.24, 2.45) is 5.10 Å². The van der Waals surface area contributed by atoms with Crippen molar-refractivity contribution >= 4 is 18.0 Å². The second-order valence-electron chi connectivity index (χ2n) is 8.19. The van der Waals surface area contributed by atoms with E-state index in [4.69, 9.17) is 0 Å². The standard InChI is InChI=1S/C24H26F4N4O3/c1-2-3-17-12-20(25)13-18(22(17)34)14-29-30-21(33)15-31-8-10-32(11-9-31)23(35)16-4-6-19(7-5-16)24(26,27)28/h4-7,12-14,34H,2-3,8-11,15H2,1H3,(H,30,33)/b29-14+. The molecule has 35 heavy (non-hydrogen) atoms. The molecule has 2 N–H and O–H groups in total. The van der Waals surface area contributed by atoms with Gasteiger partial charge in [-0.3, -0.25) is 14.5 Å². The van der Waals surface area contributed by atoms with E-state index in [2.05, 4.69) is 10.5 Å². The molecule has 2 aromatic rings. The summed E-state index contributed by atoms with van der Waals surface area (Å²) >= 11 is 0. The van der Waals surface area contributed by atoms with E-state index < -0.39 is 23.5 Å². The summed E-state index contributed by atoms with van der Waals surface area (Å²) in [5.41, 5.74) is 2.31. The number of nitrogens with one attached hydrogen (secondary N) is 1. The fourth-order valence-electron chi connectivity index (χ4n) is 3.74. The van der Waals surface area contributed by atoms with Gasteiger partial charge in [0, 0.05) is 37.3 Å². The van der Waals surface area contributed by atoms with E-state index in [-0.39, 0.29) is 29.3 Å². The minimum atomic E-state index is -4.46. The number of carbonyl (C=O) groups is 2. The third-order valence-corrected chi connectivity index (χ3v) is 5.58. The largest absolute Gasteiger partial charge is 0.507 e. The fourth-order valence-corrected chi connectivity index (χ4v) is 3.74. The van der Waals surface area contributed by atoms with E-state index in [1.165, 1.54) is 17.2 Å². The van der Waals surface area contributed by atoms with Crippen LogP contribution >= 0.6 is 0 Å². The molecule has 1 saturated heterocycles. The first-order valence-corrected chi connectivity index (χ1v) is 11.1. The molecule has 2 aromatic carbocycles. The summed E-state index contributed by atoms with van der Waals surface area (Å²) in [6.45, 7) is 3.34. The van der Waals surface area contributed by atoms with Gasteiger partial charge in [-0.1, -0.05) is 13.3 Å². The Bertz CT molecular complexity index is 1080. The van der Waals surface area contributed by atoms with Crippen LogP contribution in [0.25, 0.3) is 0 Å². The van der Waals surface area contributed by atoms with Gasteiger partial charge in [-0.25, -0.2) is 9.82 Å². The average molecular weight is 494 g/mol. The molecule has 7 nitrogen and oxygen atoms in total. The van der Waals surface area contributed by atoms with Crippen LogP contribution in [0.4, 0.5) is 17.6 Å². The molecule has 3 rings (SSSR count). The Morgan fingerprint density at radius 2 is 1.77 bits per heavy atom. The zero-order valence-corrected chi connectivity index (χ0v) is 19.1. The van der Waals surface area contributed by atoms with Gasteiger partial charge in [-0.2, -0.15) is 18.3 Å². The number of amides is 2. The van der Waals surface area contributed by atoms with Crippen LogP contribution in [0.15, 0.2) is 41.5 Å². The summed E-state index contributed by atoms with van der Waals surface area (Å²) in [6, 6.07) is 6.45. The highest BCUT2D eigenvalue weighted by molar-refractivity contribution is 5.94. The van der Waals surface area contributed by atoms with Crippen LogP contribution in [0.2, 0.25) is 0 Å². The number of hydrazone groups is 1. The third kappa shape index (κ3) is 7.01. The maximum Gasteiger partial charge on any atom is 0.416 e. The molecule has 1 aliphatic rings. The van der Waals surface area contributed by atoms with Gasteiger partial charge < -0.3 is 10.0 Å². The molecule has 188 valence electrons. The number of aromatic hydroxyl groups is 1. The molecular formula is C24H26F4N4O3. The van der Waals surface area contributed by atoms with Crippen molar-refractivity contribution in [3.8, 4) is 5.75 Å². The molecule has 0 unspecified atom stereocenters. The fraction of sp³-hybridized carbons (Fsp3) is 0.375. The van der Waals surface area contributed by atoms with Gasteiger partial charge in [0.15, 0.2) is 0 Å². The van der Waals surface area contributed by atoms with Gasteiger partial charge in [-0.05, 0) is 48.4 Å². The molecule has 2 amide bonds. The molecule has 0 aliphatic carbocycles. The average Bonchev–Trinajstić information content (AvgIpc) is 2.81. The normalized spacial score (nSPS) is 14.9. The summed E-state index contributed by atoms with van der Waals surface area (Å²) < 4.78 is 51.8. The highest BCUT2D eigenvalue weighted by Crippen LogP contribution is 2.29. The molecule has 0 bridgehead atoms. The predicted molar refractivity (Wildman–Crippen MR) is 122 cm³/mol. The van der Waals surface area contributed by atoms with Crippen molar-refractivity contribution in [1.29, 1.82) is 0 Å². The topological polar surface area (TPSA) is 85.2 Å². The number of rotatable bonds is 7. The van der Waals surface area contributed by atoms with Crippen LogP contribution in [0.3, 0.4) is 0 Å². The number of hydrogen-bond donors (Lipinski definition) is 2. The molecule has 0 radical (unpaired) electrons. The van der Waals surface area contributed by atoms with Crippen LogP contribution in [0, 0.1) is 5.82 Å². The minimum absolute atomic E-state index is 0.00979. The van der Waals surface area contributed by atoms with Crippen molar-refractivity contribution < 1.29 is 32.3 Å². The lowest BCUT2D eigenvalue weighted by Crippen LogP contribution is -2.50. The molecule has 11 heteroatoms. The number of halogens is 4. The van der Waals surface area contributed by atoms with Crippen molar-refractivity contribution in [2.75, 3.05) is 32.7 Å². The maximum absolute atomic E-state index is 13.7. The molecule has 1 heterocycles. The molecule has 1 fully saturated rings. The van der Waals surface area contributed by atoms with Crippen molar-refractivity contribution in [1.82, 2.24) is 15.2 Å². The van der Waals surface area contributed by atoms with E-state index in [9.17, 15) is 32.3 Å². The van der Waals surface area contributed by atoms with Gasteiger partial charge >= 0.3 is 6.18 Å². The zero-order valence-electron chi connectivity index (χ0n) is 19.1. The van der Waals surface area contributed by atoms with Crippen LogP contribution < -0.4 is 5.43 Å². The Labute approximate surface area is 200 Å². The summed E-state index contributed by atoms with van der Waals surface area (Å²) in [7, 11) is 0. The first-order valence-electron chi connectivity index (χ1n) is 11.1. The summed E-state index contributed by atoms with van der Waals surface area (Å²) in [4.78, 5) is 28.1. The molecular weight excluding hydrogens is 468 g/mol. The predicted octanol–water partition coefficient (Wildman–Crippen LogP) is 3.41. The van der Waals surface area contributed by atoms with Crippen molar-refractivity contribution in [3.05, 3.63) is 64.5 Å². The van der Waals surface area contributed by atoms with Crippen LogP contribution in [-0.4, -0.2) is 65.7 Å². The Balaban J connectivity index is 1.48. The Kier molecular flexibility index (Phi) is 8.44. The zero-order chi connectivity index (χ0) is 25.6. The number of phenols is 1. The number of alkyl halides is 3. The maximum atomic E-state index is 13.7. The van der Waals surface area contributed by atoms with Crippen molar-refractivity contribution in [2.45, 2.75) is 25.9 Å². The van der Waals surface area contributed by atoms with Gasteiger partial charge in [0.05, 0.1) is 18.3 Å². The monoisotopic (exact) mass is 494 g/mol. The summed E-state index contributed by atoms with van der Waals surface area (Å²) in [6.07, 6.45) is -2.05. The number of hydrogen-bond acceptors (Lipinski definition) is 5. The molecule has 1 aliphatic heterocycles. The van der Waals surface area contributed by atoms with Gasteiger partial charge in [0.1, 0.15) is 11.6 Å². The number of phenolic OH excluding ortho intramolecular Hbond substituents is 1. The van der Waals surface area contributed by atoms with Crippen LogP contribution in [-0.2, 0) is 17.4 Å². The number of nitrogens with zero attached hydrogens (tertiary/aromatic N) is 3. The first-order chi connectivity index (χ1) is 16.6. The smallest absolute Gasteiger partial charge is 0.416 e. The minimum Gasteiger partial charge on any atom is -0.507 e. The highest BCUT2D eigenvalue weighted by atomic mass is 19.4. The Hall–Kier alpha value is -3.47. The van der Waals surface area contributed by atoms with Crippen molar-refractivity contribution in [3.63, 3.8) is 0 Å². The van der Waals surface area contributed by atoms with E-state index in [0.717, 1.165) is 36.8 Å². The van der Waals surface area contributed by atoms with E-state index >= 15 is 0 Å².